The first-order valence-corrected chi connectivity index (χ1v) is 5.88. The molecule has 0 saturated heterocycles. The van der Waals surface area contributed by atoms with E-state index in [4.69, 9.17) is 5.73 Å². The van der Waals surface area contributed by atoms with Crippen LogP contribution in [0.1, 0.15) is 25.3 Å². The van der Waals surface area contributed by atoms with Gasteiger partial charge in [0.2, 0.25) is 5.91 Å². The maximum Gasteiger partial charge on any atom is 0.224 e. The molecule has 0 radical (unpaired) electrons. The Balaban J connectivity index is 2.32. The number of nitrogens with two attached hydrogens (primary N) is 1. The van der Waals surface area contributed by atoms with Gasteiger partial charge in [-0.25, -0.2) is 4.39 Å². The van der Waals surface area contributed by atoms with E-state index in [9.17, 15) is 9.18 Å². The van der Waals surface area contributed by atoms with Crippen molar-refractivity contribution in [1.82, 2.24) is 5.32 Å². The standard InChI is InChI=1S/C13H19FN2O/c1-2-3-12(15)9-16-13(17)8-10-4-6-11(14)7-5-10/h4-7,12H,2-3,8-9,15H2,1H3,(H,16,17). The molecule has 1 amide bonds. The highest BCUT2D eigenvalue weighted by molar-refractivity contribution is 5.78. The fraction of sp³-hybridized carbons (Fsp3) is 0.462. The number of carbonyl (C=O) groups excluding carboxylic acids is 1. The SMILES string of the molecule is CCCC(N)CNC(=O)Cc1ccc(F)cc1. The molecule has 1 unspecified atom stereocenters. The van der Waals surface area contributed by atoms with Gasteiger partial charge in [0.1, 0.15) is 5.82 Å². The highest BCUT2D eigenvalue weighted by Gasteiger charge is 2.06. The molecule has 94 valence electrons. The number of carbonyl (C=O) groups is 1. The highest BCUT2D eigenvalue weighted by atomic mass is 19.1. The van der Waals surface area contributed by atoms with Crippen molar-refractivity contribution in [2.24, 2.45) is 5.73 Å². The summed E-state index contributed by atoms with van der Waals surface area (Å²) in [5.74, 6) is -0.373. The van der Waals surface area contributed by atoms with Crippen molar-refractivity contribution in [2.45, 2.75) is 32.2 Å². The zero-order chi connectivity index (χ0) is 12.7. The number of hydrogen-bond donors (Lipinski definition) is 2. The van der Waals surface area contributed by atoms with Gasteiger partial charge in [-0.05, 0) is 24.1 Å². The molecule has 1 rings (SSSR count). The minimum atomic E-state index is -0.292. The van der Waals surface area contributed by atoms with E-state index in [0.717, 1.165) is 18.4 Å². The first kappa shape index (κ1) is 13.6. The molecule has 0 bridgehead atoms. The van der Waals surface area contributed by atoms with Gasteiger partial charge in [-0.1, -0.05) is 25.5 Å². The van der Waals surface area contributed by atoms with Crippen LogP contribution in [0.3, 0.4) is 0 Å². The van der Waals surface area contributed by atoms with E-state index in [0.29, 0.717) is 6.54 Å². The molecular weight excluding hydrogens is 219 g/mol. The van der Waals surface area contributed by atoms with Crippen LogP contribution in [0.2, 0.25) is 0 Å². The Morgan fingerprint density at radius 1 is 1.41 bits per heavy atom. The van der Waals surface area contributed by atoms with Crippen LogP contribution in [0.5, 0.6) is 0 Å². The van der Waals surface area contributed by atoms with Crippen LogP contribution in [-0.4, -0.2) is 18.5 Å². The summed E-state index contributed by atoms with van der Waals surface area (Å²) in [5, 5.41) is 2.77. The summed E-state index contributed by atoms with van der Waals surface area (Å²) in [6.07, 6.45) is 2.17. The lowest BCUT2D eigenvalue weighted by molar-refractivity contribution is -0.120. The largest absolute Gasteiger partial charge is 0.354 e. The van der Waals surface area contributed by atoms with Gasteiger partial charge in [0.25, 0.3) is 0 Å². The normalized spacial score (nSPS) is 12.2. The summed E-state index contributed by atoms with van der Waals surface area (Å²) >= 11 is 0. The van der Waals surface area contributed by atoms with Gasteiger partial charge in [-0.2, -0.15) is 0 Å². The highest BCUT2D eigenvalue weighted by Crippen LogP contribution is 2.03. The van der Waals surface area contributed by atoms with Crippen LogP contribution < -0.4 is 11.1 Å². The molecule has 3 N–H and O–H groups in total. The quantitative estimate of drug-likeness (QED) is 0.791. The maximum atomic E-state index is 12.6. The first-order valence-electron chi connectivity index (χ1n) is 5.88. The van der Waals surface area contributed by atoms with Crippen molar-refractivity contribution in [3.8, 4) is 0 Å². The topological polar surface area (TPSA) is 55.1 Å². The monoisotopic (exact) mass is 238 g/mol. The third kappa shape index (κ3) is 5.45. The van der Waals surface area contributed by atoms with Gasteiger partial charge in [-0.15, -0.1) is 0 Å². The van der Waals surface area contributed by atoms with Crippen molar-refractivity contribution in [2.75, 3.05) is 6.54 Å². The molecule has 4 heteroatoms. The lowest BCUT2D eigenvalue weighted by Gasteiger charge is -2.11. The lowest BCUT2D eigenvalue weighted by Crippen LogP contribution is -2.37. The third-order valence-corrected chi connectivity index (χ3v) is 2.50. The van der Waals surface area contributed by atoms with Crippen LogP contribution in [0.15, 0.2) is 24.3 Å². The van der Waals surface area contributed by atoms with E-state index in [1.54, 1.807) is 12.1 Å². The number of hydrogen-bond acceptors (Lipinski definition) is 2. The second-order valence-electron chi connectivity index (χ2n) is 4.16. The molecule has 17 heavy (non-hydrogen) atoms. The average molecular weight is 238 g/mol. The molecule has 0 saturated carbocycles. The fourth-order valence-corrected chi connectivity index (χ4v) is 1.57. The Morgan fingerprint density at radius 2 is 2.06 bits per heavy atom. The minimum absolute atomic E-state index is 0.0113. The molecule has 1 atom stereocenters. The Hall–Kier alpha value is -1.42. The molecule has 0 spiro atoms. The van der Waals surface area contributed by atoms with Crippen LogP contribution in [0.4, 0.5) is 4.39 Å². The first-order chi connectivity index (χ1) is 8.11. The molecule has 0 fully saturated rings. The number of benzene rings is 1. The Morgan fingerprint density at radius 3 is 2.65 bits per heavy atom. The summed E-state index contributed by atoms with van der Waals surface area (Å²) in [4.78, 5) is 11.5. The van der Waals surface area contributed by atoms with E-state index < -0.39 is 0 Å². The molecule has 0 heterocycles. The summed E-state index contributed by atoms with van der Waals surface area (Å²) in [6.45, 7) is 2.55. The maximum absolute atomic E-state index is 12.6. The van der Waals surface area contributed by atoms with Crippen molar-refractivity contribution < 1.29 is 9.18 Å². The Bertz CT molecular complexity index is 351. The molecular formula is C13H19FN2O. The van der Waals surface area contributed by atoms with Crippen LogP contribution in [0, 0.1) is 5.82 Å². The number of amides is 1. The lowest BCUT2D eigenvalue weighted by atomic mass is 10.1. The van der Waals surface area contributed by atoms with Gasteiger partial charge in [0.15, 0.2) is 0 Å². The molecule has 0 aliphatic rings. The zero-order valence-electron chi connectivity index (χ0n) is 10.1. The van der Waals surface area contributed by atoms with Gasteiger partial charge < -0.3 is 11.1 Å². The fourth-order valence-electron chi connectivity index (χ4n) is 1.57. The Kier molecular flexibility index (Phi) is 5.63. The van der Waals surface area contributed by atoms with Gasteiger partial charge in [0.05, 0.1) is 6.42 Å². The van der Waals surface area contributed by atoms with E-state index in [1.807, 2.05) is 0 Å². The number of nitrogens with one attached hydrogen (secondary N) is 1. The van der Waals surface area contributed by atoms with Crippen molar-refractivity contribution in [3.05, 3.63) is 35.6 Å². The van der Waals surface area contributed by atoms with Crippen molar-refractivity contribution in [3.63, 3.8) is 0 Å². The summed E-state index contributed by atoms with van der Waals surface area (Å²) in [6, 6.07) is 5.94. The van der Waals surface area contributed by atoms with Crippen molar-refractivity contribution in [1.29, 1.82) is 0 Å². The average Bonchev–Trinajstić information content (AvgIpc) is 2.30. The second-order valence-corrected chi connectivity index (χ2v) is 4.16. The van der Waals surface area contributed by atoms with Gasteiger partial charge >= 0.3 is 0 Å². The third-order valence-electron chi connectivity index (χ3n) is 2.50. The molecule has 0 aliphatic heterocycles. The number of rotatable bonds is 6. The van der Waals surface area contributed by atoms with Crippen LogP contribution in [-0.2, 0) is 11.2 Å². The molecule has 0 aliphatic carbocycles. The van der Waals surface area contributed by atoms with E-state index in [2.05, 4.69) is 12.2 Å². The minimum Gasteiger partial charge on any atom is -0.354 e. The molecule has 3 nitrogen and oxygen atoms in total. The zero-order valence-corrected chi connectivity index (χ0v) is 10.1. The van der Waals surface area contributed by atoms with Crippen LogP contribution >= 0.6 is 0 Å². The van der Waals surface area contributed by atoms with Crippen LogP contribution in [0.25, 0.3) is 0 Å². The number of halogens is 1. The second kappa shape index (κ2) is 7.01. The van der Waals surface area contributed by atoms with Crippen molar-refractivity contribution >= 4 is 5.91 Å². The molecule has 0 aromatic heterocycles. The predicted molar refractivity (Wildman–Crippen MR) is 66.0 cm³/mol. The predicted octanol–water partition coefficient (Wildman–Crippen LogP) is 1.61. The summed E-state index contributed by atoms with van der Waals surface area (Å²) in [5.41, 5.74) is 6.58. The smallest absolute Gasteiger partial charge is 0.224 e. The molecule has 1 aromatic rings. The Labute approximate surface area is 101 Å². The summed E-state index contributed by atoms with van der Waals surface area (Å²) < 4.78 is 12.6. The summed E-state index contributed by atoms with van der Waals surface area (Å²) in [7, 11) is 0. The van der Waals surface area contributed by atoms with E-state index >= 15 is 0 Å². The van der Waals surface area contributed by atoms with E-state index in [-0.39, 0.29) is 24.2 Å². The van der Waals surface area contributed by atoms with Gasteiger partial charge in [0, 0.05) is 12.6 Å². The van der Waals surface area contributed by atoms with E-state index in [1.165, 1.54) is 12.1 Å². The van der Waals surface area contributed by atoms with Gasteiger partial charge in [-0.3, -0.25) is 4.79 Å². The molecule has 1 aromatic carbocycles.